The van der Waals surface area contributed by atoms with E-state index in [-0.39, 0.29) is 44.3 Å². The number of hydrogen-bond donors (Lipinski definition) is 1. The number of carbonyl (C=O) groups excluding carboxylic acids is 2. The molecule has 0 aromatic heterocycles. The van der Waals surface area contributed by atoms with Crippen LogP contribution in [0.5, 0.6) is 0 Å². The molecule has 1 N–H and O–H groups in total. The number of carbonyl (C=O) groups is 2. The molecule has 0 heterocycles. The summed E-state index contributed by atoms with van der Waals surface area (Å²) < 4.78 is 43.2. The van der Waals surface area contributed by atoms with Crippen molar-refractivity contribution in [3.05, 3.63) is 69.3 Å². The first kappa shape index (κ1) is 25.8. The van der Waals surface area contributed by atoms with Crippen LogP contribution >= 0.6 is 0 Å². The van der Waals surface area contributed by atoms with Crippen molar-refractivity contribution < 1.29 is 32.4 Å². The van der Waals surface area contributed by atoms with Crippen LogP contribution in [-0.2, 0) is 27.0 Å². The van der Waals surface area contributed by atoms with Crippen molar-refractivity contribution >= 4 is 23.3 Å². The molecule has 11 heteroatoms. The number of alkyl halides is 3. The Hall–Kier alpha value is -3.47. The van der Waals surface area contributed by atoms with Gasteiger partial charge in [-0.05, 0) is 43.2 Å². The van der Waals surface area contributed by atoms with Crippen LogP contribution in [0.4, 0.5) is 24.5 Å². The molecule has 0 saturated carbocycles. The Balaban J connectivity index is 2.03. The molecule has 0 radical (unpaired) electrons. The van der Waals surface area contributed by atoms with Crippen molar-refractivity contribution in [2.75, 3.05) is 25.0 Å². The number of anilines is 1. The van der Waals surface area contributed by atoms with E-state index in [1.165, 1.54) is 30.3 Å². The number of hydrogen-bond acceptors (Lipinski definition) is 6. The zero-order valence-corrected chi connectivity index (χ0v) is 18.1. The van der Waals surface area contributed by atoms with E-state index in [2.05, 4.69) is 5.32 Å². The molecule has 2 rings (SSSR count). The molecule has 0 fully saturated rings. The fourth-order valence-corrected chi connectivity index (χ4v) is 3.03. The average Bonchev–Trinajstić information content (AvgIpc) is 2.73. The van der Waals surface area contributed by atoms with Crippen LogP contribution in [0, 0.1) is 17.0 Å². The molecule has 0 saturated heterocycles. The summed E-state index contributed by atoms with van der Waals surface area (Å²) in [5, 5.41) is 13.5. The topological polar surface area (TPSA) is 102 Å². The monoisotopic (exact) mass is 467 g/mol. The van der Waals surface area contributed by atoms with Crippen molar-refractivity contribution in [3.63, 3.8) is 0 Å². The van der Waals surface area contributed by atoms with Gasteiger partial charge in [0, 0.05) is 37.3 Å². The second kappa shape index (κ2) is 11.4. The Labute approximate surface area is 188 Å². The summed E-state index contributed by atoms with van der Waals surface area (Å²) in [5.74, 6) is -0.899. The van der Waals surface area contributed by atoms with Gasteiger partial charge in [-0.3, -0.25) is 24.6 Å². The van der Waals surface area contributed by atoms with Crippen molar-refractivity contribution in [1.29, 1.82) is 0 Å². The summed E-state index contributed by atoms with van der Waals surface area (Å²) in [7, 11) is 0. The third-order valence-electron chi connectivity index (χ3n) is 4.70. The number of aryl methyl sites for hydroxylation is 1. The summed E-state index contributed by atoms with van der Waals surface area (Å²) in [6.07, 6.45) is -4.46. The number of non-ortho nitro benzene ring substituents is 1. The highest BCUT2D eigenvalue weighted by molar-refractivity contribution is 5.91. The van der Waals surface area contributed by atoms with Gasteiger partial charge in [0.05, 0.1) is 23.6 Å². The van der Waals surface area contributed by atoms with Crippen LogP contribution in [0.3, 0.4) is 0 Å². The summed E-state index contributed by atoms with van der Waals surface area (Å²) >= 11 is 0. The molecule has 178 valence electrons. The number of nitro groups is 1. The number of nitrogens with one attached hydrogen (secondary N) is 1. The van der Waals surface area contributed by atoms with Crippen LogP contribution < -0.4 is 5.32 Å². The minimum Gasteiger partial charge on any atom is -0.465 e. The lowest BCUT2D eigenvalue weighted by Gasteiger charge is -2.21. The zero-order valence-electron chi connectivity index (χ0n) is 18.1. The predicted molar refractivity (Wildman–Crippen MR) is 114 cm³/mol. The number of rotatable bonds is 10. The highest BCUT2D eigenvalue weighted by Gasteiger charge is 2.30. The molecule has 0 bridgehead atoms. The van der Waals surface area contributed by atoms with Gasteiger partial charge in [0.25, 0.3) is 5.69 Å². The largest absolute Gasteiger partial charge is 0.465 e. The van der Waals surface area contributed by atoms with E-state index >= 15 is 0 Å². The van der Waals surface area contributed by atoms with E-state index in [9.17, 15) is 32.9 Å². The Morgan fingerprint density at radius 3 is 2.36 bits per heavy atom. The second-order valence-corrected chi connectivity index (χ2v) is 7.26. The summed E-state index contributed by atoms with van der Waals surface area (Å²) in [6.45, 7) is 3.59. The third-order valence-corrected chi connectivity index (χ3v) is 4.70. The van der Waals surface area contributed by atoms with Crippen molar-refractivity contribution in [1.82, 2.24) is 4.90 Å². The Bertz CT molecular complexity index is 994. The highest BCUT2D eigenvalue weighted by Crippen LogP contribution is 2.29. The SMILES string of the molecule is CCOC(=O)CN(CCC(=O)Nc1ccc([N+](=O)[O-])cc1C)Cc1ccc(C(F)(F)F)cc1. The van der Waals surface area contributed by atoms with Crippen LogP contribution in [0.1, 0.15) is 30.0 Å². The fraction of sp³-hybridized carbons (Fsp3) is 0.364. The van der Waals surface area contributed by atoms with Crippen molar-refractivity contribution in [2.45, 2.75) is 33.0 Å². The summed E-state index contributed by atoms with van der Waals surface area (Å²) in [6, 6.07) is 8.62. The maximum Gasteiger partial charge on any atom is 0.416 e. The molecule has 0 aliphatic heterocycles. The number of nitrogens with zero attached hydrogens (tertiary/aromatic N) is 2. The number of nitro benzene ring substituents is 1. The first-order valence-corrected chi connectivity index (χ1v) is 10.1. The van der Waals surface area contributed by atoms with Crippen molar-refractivity contribution in [2.24, 2.45) is 0 Å². The smallest absolute Gasteiger partial charge is 0.416 e. The van der Waals surface area contributed by atoms with E-state index in [4.69, 9.17) is 4.74 Å². The quantitative estimate of drug-likeness (QED) is 0.317. The molecule has 33 heavy (non-hydrogen) atoms. The maximum atomic E-state index is 12.8. The lowest BCUT2D eigenvalue weighted by Crippen LogP contribution is -2.33. The Morgan fingerprint density at radius 2 is 1.82 bits per heavy atom. The fourth-order valence-electron chi connectivity index (χ4n) is 3.03. The lowest BCUT2D eigenvalue weighted by atomic mass is 10.1. The van der Waals surface area contributed by atoms with E-state index in [0.717, 1.165) is 12.1 Å². The molecule has 2 aromatic carbocycles. The minimum atomic E-state index is -4.45. The number of benzene rings is 2. The van der Waals surface area contributed by atoms with Gasteiger partial charge in [-0.1, -0.05) is 12.1 Å². The first-order valence-electron chi connectivity index (χ1n) is 10.1. The number of esters is 1. The van der Waals surface area contributed by atoms with Crippen molar-refractivity contribution in [3.8, 4) is 0 Å². The van der Waals surface area contributed by atoms with Crippen LogP contribution in [0.25, 0.3) is 0 Å². The summed E-state index contributed by atoms with van der Waals surface area (Å²) in [4.78, 5) is 36.2. The van der Waals surface area contributed by atoms with E-state index in [1.807, 2.05) is 0 Å². The molecule has 0 aliphatic rings. The van der Waals surface area contributed by atoms with Gasteiger partial charge in [0.15, 0.2) is 0 Å². The van der Waals surface area contributed by atoms with Gasteiger partial charge in [0.1, 0.15) is 0 Å². The van der Waals surface area contributed by atoms with E-state index in [0.29, 0.717) is 16.8 Å². The normalized spacial score (nSPS) is 11.3. The molecular formula is C22H24F3N3O5. The molecular weight excluding hydrogens is 443 g/mol. The molecule has 0 atom stereocenters. The Kier molecular flexibility index (Phi) is 8.92. The lowest BCUT2D eigenvalue weighted by molar-refractivity contribution is -0.384. The number of amides is 1. The van der Waals surface area contributed by atoms with E-state index in [1.54, 1.807) is 18.7 Å². The maximum absolute atomic E-state index is 12.8. The highest BCUT2D eigenvalue weighted by atomic mass is 19.4. The molecule has 2 aromatic rings. The number of ether oxygens (including phenoxy) is 1. The molecule has 0 spiro atoms. The van der Waals surface area contributed by atoms with Gasteiger partial charge >= 0.3 is 12.1 Å². The number of halogens is 3. The molecule has 0 aliphatic carbocycles. The minimum absolute atomic E-state index is 0.0174. The molecule has 1 amide bonds. The van der Waals surface area contributed by atoms with Gasteiger partial charge in [-0.2, -0.15) is 13.2 Å². The van der Waals surface area contributed by atoms with Gasteiger partial charge in [-0.25, -0.2) is 0 Å². The second-order valence-electron chi connectivity index (χ2n) is 7.26. The molecule has 8 nitrogen and oxygen atoms in total. The standard InChI is InChI=1S/C22H24F3N3O5/c1-3-33-21(30)14-27(13-16-4-6-17(7-5-16)22(23,24)25)11-10-20(29)26-19-9-8-18(28(31)32)12-15(19)2/h4-9,12H,3,10-11,13-14H2,1-2H3,(H,26,29). The van der Waals surface area contributed by atoms with Crippen LogP contribution in [-0.4, -0.2) is 41.4 Å². The summed E-state index contributed by atoms with van der Waals surface area (Å²) in [5.41, 5.74) is 0.610. The zero-order chi connectivity index (χ0) is 24.6. The van der Waals surface area contributed by atoms with Gasteiger partial charge in [0.2, 0.25) is 5.91 Å². The first-order chi connectivity index (χ1) is 15.5. The Morgan fingerprint density at radius 1 is 1.15 bits per heavy atom. The third kappa shape index (κ3) is 8.19. The molecule has 0 unspecified atom stereocenters. The van der Waals surface area contributed by atoms with Crippen LogP contribution in [0.15, 0.2) is 42.5 Å². The van der Waals surface area contributed by atoms with Gasteiger partial charge < -0.3 is 10.1 Å². The predicted octanol–water partition coefficient (Wildman–Crippen LogP) is 4.32. The van der Waals surface area contributed by atoms with E-state index < -0.39 is 22.6 Å². The van der Waals surface area contributed by atoms with Gasteiger partial charge in [-0.15, -0.1) is 0 Å². The van der Waals surface area contributed by atoms with Crippen LogP contribution in [0.2, 0.25) is 0 Å². The average molecular weight is 467 g/mol.